The molecular formula is C32H54N4O2. The second kappa shape index (κ2) is 12.8. The van der Waals surface area contributed by atoms with Gasteiger partial charge in [0.2, 0.25) is 11.8 Å². The first-order chi connectivity index (χ1) is 17.8. The smallest absolute Gasteiger partial charge is 0.228 e. The van der Waals surface area contributed by atoms with Gasteiger partial charge in [0.1, 0.15) is 0 Å². The van der Waals surface area contributed by atoms with Gasteiger partial charge in [0.05, 0.1) is 0 Å². The van der Waals surface area contributed by atoms with Crippen LogP contribution in [0.3, 0.4) is 0 Å². The fourth-order valence-corrected chi connectivity index (χ4v) is 6.20. The molecule has 0 saturated carbocycles. The Morgan fingerprint density at radius 1 is 0.868 bits per heavy atom. The molecule has 0 aliphatic carbocycles. The Kier molecular flexibility index (Phi) is 10.3. The largest absolute Gasteiger partial charge is 0.371 e. The fraction of sp³-hybridized carbons (Fsp3) is 0.750. The third-order valence-corrected chi connectivity index (χ3v) is 8.87. The Hall–Kier alpha value is -2.08. The lowest BCUT2D eigenvalue weighted by molar-refractivity contribution is -0.140. The lowest BCUT2D eigenvalue weighted by Gasteiger charge is -2.39. The summed E-state index contributed by atoms with van der Waals surface area (Å²) in [5.41, 5.74) is 1.67. The molecular weight excluding hydrogens is 472 g/mol. The number of amides is 2. The molecule has 2 aliphatic heterocycles. The lowest BCUT2D eigenvalue weighted by Crippen LogP contribution is -2.48. The Labute approximate surface area is 232 Å². The van der Waals surface area contributed by atoms with Crippen molar-refractivity contribution in [1.82, 2.24) is 14.7 Å². The van der Waals surface area contributed by atoms with Gasteiger partial charge in [-0.15, -0.1) is 0 Å². The number of benzene rings is 1. The molecule has 0 radical (unpaired) electrons. The van der Waals surface area contributed by atoms with Gasteiger partial charge in [-0.25, -0.2) is 0 Å². The summed E-state index contributed by atoms with van der Waals surface area (Å²) in [6, 6.07) is 9.09. The van der Waals surface area contributed by atoms with Crippen LogP contribution in [0, 0.1) is 16.7 Å². The summed E-state index contributed by atoms with van der Waals surface area (Å²) in [5, 5.41) is 0. The van der Waals surface area contributed by atoms with E-state index in [0.29, 0.717) is 6.04 Å². The third kappa shape index (κ3) is 7.97. The van der Waals surface area contributed by atoms with Crippen LogP contribution in [0.1, 0.15) is 79.2 Å². The minimum absolute atomic E-state index is 0.223. The van der Waals surface area contributed by atoms with Gasteiger partial charge in [0.15, 0.2) is 0 Å². The van der Waals surface area contributed by atoms with Crippen molar-refractivity contribution in [3.63, 3.8) is 0 Å². The molecule has 0 atom stereocenters. The van der Waals surface area contributed by atoms with E-state index in [9.17, 15) is 9.59 Å². The maximum absolute atomic E-state index is 13.3. The second-order valence-corrected chi connectivity index (χ2v) is 13.5. The van der Waals surface area contributed by atoms with Crippen LogP contribution in [0.5, 0.6) is 0 Å². The van der Waals surface area contributed by atoms with Crippen molar-refractivity contribution >= 4 is 17.5 Å². The summed E-state index contributed by atoms with van der Waals surface area (Å²) in [5.74, 6) is 1.21. The van der Waals surface area contributed by atoms with E-state index in [0.717, 1.165) is 57.8 Å². The fourth-order valence-electron chi connectivity index (χ4n) is 6.20. The van der Waals surface area contributed by atoms with Crippen LogP contribution in [-0.4, -0.2) is 85.9 Å². The molecule has 6 heteroatoms. The van der Waals surface area contributed by atoms with Crippen LogP contribution >= 0.6 is 0 Å². The highest BCUT2D eigenvalue weighted by Crippen LogP contribution is 2.29. The summed E-state index contributed by atoms with van der Waals surface area (Å²) in [7, 11) is 3.93. The minimum atomic E-state index is -0.426. The van der Waals surface area contributed by atoms with E-state index < -0.39 is 5.41 Å². The van der Waals surface area contributed by atoms with Crippen molar-refractivity contribution in [3.05, 3.63) is 29.8 Å². The number of likely N-dealkylation sites (tertiary alicyclic amines) is 1. The van der Waals surface area contributed by atoms with Crippen LogP contribution < -0.4 is 4.90 Å². The molecule has 0 unspecified atom stereocenters. The number of hydrogen-bond acceptors (Lipinski definition) is 4. The molecule has 0 aromatic heterocycles. The summed E-state index contributed by atoms with van der Waals surface area (Å²) in [4.78, 5) is 34.9. The zero-order chi connectivity index (χ0) is 28.1. The molecule has 2 fully saturated rings. The number of hydrogen-bond donors (Lipinski definition) is 0. The highest BCUT2D eigenvalue weighted by molar-refractivity contribution is 5.82. The summed E-state index contributed by atoms with van der Waals surface area (Å²) >= 11 is 0. The van der Waals surface area contributed by atoms with Crippen LogP contribution in [0.25, 0.3) is 0 Å². The first-order valence-corrected chi connectivity index (χ1v) is 14.9. The Morgan fingerprint density at radius 3 is 1.97 bits per heavy atom. The Bertz CT molecular complexity index is 904. The highest BCUT2D eigenvalue weighted by atomic mass is 16.2. The lowest BCUT2D eigenvalue weighted by atomic mass is 9.84. The van der Waals surface area contributed by atoms with Gasteiger partial charge in [-0.3, -0.25) is 9.59 Å². The molecule has 2 amide bonds. The zero-order valence-corrected chi connectivity index (χ0v) is 25.6. The van der Waals surface area contributed by atoms with Crippen LogP contribution in [0.2, 0.25) is 0 Å². The minimum Gasteiger partial charge on any atom is -0.371 e. The Morgan fingerprint density at radius 2 is 1.45 bits per heavy atom. The molecule has 2 saturated heterocycles. The van der Waals surface area contributed by atoms with Gasteiger partial charge < -0.3 is 19.6 Å². The van der Waals surface area contributed by atoms with Crippen LogP contribution in [0.15, 0.2) is 24.3 Å². The van der Waals surface area contributed by atoms with E-state index in [1.165, 1.54) is 37.2 Å². The molecule has 38 heavy (non-hydrogen) atoms. The summed E-state index contributed by atoms with van der Waals surface area (Å²) in [6.07, 6.45) is 6.36. The average molecular weight is 527 g/mol. The SMILES string of the molecule is CCN1CCC(CCN(C)C(=O)C(C)(C)Cc2ccc(N3CCC(N(C)C(=O)C(C)(C)C)CC3)cc2)CC1. The first-order valence-electron chi connectivity index (χ1n) is 14.9. The van der Waals surface area contributed by atoms with E-state index in [1.807, 2.05) is 44.7 Å². The van der Waals surface area contributed by atoms with Crippen molar-refractivity contribution in [1.29, 1.82) is 0 Å². The quantitative estimate of drug-likeness (QED) is 0.438. The number of anilines is 1. The standard InChI is InChI=1S/C32H54N4O2/c1-9-35-20-15-25(16-21-35)14-19-33(7)30(38)32(5,6)24-26-10-12-28(13-11-26)36-22-17-27(18-23-36)34(8)29(37)31(2,3)4/h10-13,25,27H,9,14-24H2,1-8H3. The summed E-state index contributed by atoms with van der Waals surface area (Å²) < 4.78 is 0. The van der Waals surface area contributed by atoms with Crippen molar-refractivity contribution in [3.8, 4) is 0 Å². The average Bonchev–Trinajstić information content (AvgIpc) is 2.90. The summed E-state index contributed by atoms with van der Waals surface area (Å²) in [6.45, 7) is 18.7. The second-order valence-electron chi connectivity index (χ2n) is 13.5. The molecule has 2 aliphatic rings. The van der Waals surface area contributed by atoms with Crippen molar-refractivity contribution < 1.29 is 9.59 Å². The van der Waals surface area contributed by atoms with Gasteiger partial charge in [0.25, 0.3) is 0 Å². The molecule has 0 spiro atoms. The van der Waals surface area contributed by atoms with Gasteiger partial charge in [-0.05, 0) is 81.8 Å². The molecule has 0 bridgehead atoms. The van der Waals surface area contributed by atoms with E-state index in [4.69, 9.17) is 0 Å². The Balaban J connectivity index is 1.47. The highest BCUT2D eigenvalue weighted by Gasteiger charge is 2.33. The van der Waals surface area contributed by atoms with Gasteiger partial charge in [0, 0.05) is 56.3 Å². The van der Waals surface area contributed by atoms with E-state index in [2.05, 4.69) is 54.8 Å². The van der Waals surface area contributed by atoms with Gasteiger partial charge in [-0.1, -0.05) is 53.7 Å². The molecule has 214 valence electrons. The maximum Gasteiger partial charge on any atom is 0.228 e. The molecule has 3 rings (SSSR count). The van der Waals surface area contributed by atoms with Crippen LogP contribution in [-0.2, 0) is 16.0 Å². The van der Waals surface area contributed by atoms with E-state index in [-0.39, 0.29) is 17.2 Å². The van der Waals surface area contributed by atoms with E-state index >= 15 is 0 Å². The first kappa shape index (κ1) is 30.5. The van der Waals surface area contributed by atoms with Gasteiger partial charge in [-0.2, -0.15) is 0 Å². The number of carbonyl (C=O) groups is 2. The molecule has 6 nitrogen and oxygen atoms in total. The van der Waals surface area contributed by atoms with E-state index in [1.54, 1.807) is 0 Å². The predicted octanol–water partition coefficient (Wildman–Crippen LogP) is 5.31. The number of rotatable bonds is 9. The predicted molar refractivity (Wildman–Crippen MR) is 158 cm³/mol. The number of carbonyl (C=O) groups excluding carboxylic acids is 2. The molecule has 2 heterocycles. The third-order valence-electron chi connectivity index (χ3n) is 8.87. The number of nitrogens with zero attached hydrogens (tertiary/aromatic N) is 4. The topological polar surface area (TPSA) is 47.1 Å². The van der Waals surface area contributed by atoms with Gasteiger partial charge >= 0.3 is 0 Å². The van der Waals surface area contributed by atoms with Crippen molar-refractivity contribution in [2.75, 3.05) is 58.3 Å². The normalized spacial score (nSPS) is 18.5. The molecule has 0 N–H and O–H groups in total. The molecule has 1 aromatic rings. The van der Waals surface area contributed by atoms with Crippen LogP contribution in [0.4, 0.5) is 5.69 Å². The van der Waals surface area contributed by atoms with Crippen molar-refractivity contribution in [2.45, 2.75) is 86.1 Å². The monoisotopic (exact) mass is 526 g/mol. The number of piperidine rings is 2. The maximum atomic E-state index is 13.3. The molecule has 1 aromatic carbocycles. The van der Waals surface area contributed by atoms with Crippen molar-refractivity contribution in [2.24, 2.45) is 16.7 Å². The zero-order valence-electron chi connectivity index (χ0n) is 25.6.